The molecule has 0 bridgehead atoms. The second-order valence-corrected chi connectivity index (χ2v) is 8.31. The van der Waals surface area contributed by atoms with Crippen LogP contribution in [0.5, 0.6) is 5.75 Å². The number of hydrogen-bond acceptors (Lipinski definition) is 3. The third-order valence-corrected chi connectivity index (χ3v) is 5.95. The Labute approximate surface area is 195 Å². The van der Waals surface area contributed by atoms with E-state index in [9.17, 15) is 9.59 Å². The van der Waals surface area contributed by atoms with E-state index in [0.29, 0.717) is 50.5 Å². The number of rotatable bonds is 8. The van der Waals surface area contributed by atoms with Crippen LogP contribution < -0.4 is 4.74 Å². The molecule has 0 aromatic heterocycles. The monoisotopic (exact) mass is 442 g/mol. The van der Waals surface area contributed by atoms with Crippen molar-refractivity contribution >= 4 is 11.8 Å². The van der Waals surface area contributed by atoms with Crippen LogP contribution >= 0.6 is 0 Å². The minimum atomic E-state index is -0.0173. The fourth-order valence-corrected chi connectivity index (χ4v) is 4.05. The van der Waals surface area contributed by atoms with Gasteiger partial charge in [0.15, 0.2) is 0 Å². The van der Waals surface area contributed by atoms with Gasteiger partial charge in [-0.25, -0.2) is 0 Å². The van der Waals surface area contributed by atoms with E-state index in [1.54, 1.807) is 6.07 Å². The van der Waals surface area contributed by atoms with Crippen molar-refractivity contribution in [2.24, 2.45) is 0 Å². The van der Waals surface area contributed by atoms with Gasteiger partial charge in [-0.2, -0.15) is 0 Å². The summed E-state index contributed by atoms with van der Waals surface area (Å²) in [6, 6.07) is 27.5. The van der Waals surface area contributed by atoms with Gasteiger partial charge in [0.1, 0.15) is 12.4 Å². The van der Waals surface area contributed by atoms with Gasteiger partial charge < -0.3 is 14.5 Å². The number of carbonyl (C=O) groups excluding carboxylic acids is 2. The highest BCUT2D eigenvalue weighted by Crippen LogP contribution is 2.18. The third-order valence-electron chi connectivity index (χ3n) is 5.95. The van der Waals surface area contributed by atoms with Crippen molar-refractivity contribution in [1.82, 2.24) is 9.80 Å². The van der Waals surface area contributed by atoms with Crippen LogP contribution in [-0.2, 0) is 17.8 Å². The summed E-state index contributed by atoms with van der Waals surface area (Å²) in [7, 11) is 0. The summed E-state index contributed by atoms with van der Waals surface area (Å²) in [6.45, 7) is 2.74. The summed E-state index contributed by atoms with van der Waals surface area (Å²) in [5.41, 5.74) is 2.96. The second-order valence-electron chi connectivity index (χ2n) is 8.31. The van der Waals surface area contributed by atoms with Gasteiger partial charge in [-0.05, 0) is 42.2 Å². The van der Waals surface area contributed by atoms with Crippen molar-refractivity contribution in [3.8, 4) is 5.75 Å². The number of benzene rings is 3. The molecule has 5 nitrogen and oxygen atoms in total. The van der Waals surface area contributed by atoms with Crippen LogP contribution in [0, 0.1) is 0 Å². The number of piperazine rings is 1. The Hall–Kier alpha value is -3.60. The van der Waals surface area contributed by atoms with Gasteiger partial charge in [0.05, 0.1) is 0 Å². The highest BCUT2D eigenvalue weighted by molar-refractivity contribution is 5.94. The lowest BCUT2D eigenvalue weighted by molar-refractivity contribution is -0.132. The summed E-state index contributed by atoms with van der Waals surface area (Å²) >= 11 is 0. The zero-order chi connectivity index (χ0) is 22.9. The van der Waals surface area contributed by atoms with Crippen LogP contribution in [0.2, 0.25) is 0 Å². The molecule has 3 aromatic carbocycles. The number of amides is 2. The number of aryl methyl sites for hydroxylation is 1. The zero-order valence-electron chi connectivity index (χ0n) is 18.9. The molecule has 5 heteroatoms. The zero-order valence-corrected chi connectivity index (χ0v) is 18.9. The van der Waals surface area contributed by atoms with Crippen LogP contribution in [0.25, 0.3) is 0 Å². The molecular formula is C28H30N2O3. The minimum absolute atomic E-state index is 0.0173. The molecule has 1 fully saturated rings. The maximum Gasteiger partial charge on any atom is 0.254 e. The Morgan fingerprint density at radius 2 is 1.36 bits per heavy atom. The molecular weight excluding hydrogens is 412 g/mol. The number of ether oxygens (including phenoxy) is 1. The fourth-order valence-electron chi connectivity index (χ4n) is 4.05. The van der Waals surface area contributed by atoms with Gasteiger partial charge in [0.25, 0.3) is 5.91 Å². The van der Waals surface area contributed by atoms with Gasteiger partial charge in [-0.3, -0.25) is 9.59 Å². The maximum atomic E-state index is 13.0. The van der Waals surface area contributed by atoms with E-state index >= 15 is 0 Å². The lowest BCUT2D eigenvalue weighted by Crippen LogP contribution is -2.50. The molecule has 1 aliphatic rings. The molecule has 33 heavy (non-hydrogen) atoms. The van der Waals surface area contributed by atoms with E-state index in [1.807, 2.05) is 76.5 Å². The molecule has 0 N–H and O–H groups in total. The van der Waals surface area contributed by atoms with E-state index in [0.717, 1.165) is 18.4 Å². The molecule has 0 saturated carbocycles. The van der Waals surface area contributed by atoms with Crippen LogP contribution in [0.1, 0.15) is 34.3 Å². The van der Waals surface area contributed by atoms with Crippen LogP contribution in [0.4, 0.5) is 0 Å². The normalized spacial score (nSPS) is 13.6. The number of hydrogen-bond donors (Lipinski definition) is 0. The molecule has 0 spiro atoms. The van der Waals surface area contributed by atoms with Crippen molar-refractivity contribution < 1.29 is 14.3 Å². The largest absolute Gasteiger partial charge is 0.489 e. The predicted octanol–water partition coefficient (Wildman–Crippen LogP) is 4.57. The lowest BCUT2D eigenvalue weighted by atomic mass is 10.1. The lowest BCUT2D eigenvalue weighted by Gasteiger charge is -2.35. The SMILES string of the molecule is O=C(CCCc1ccccc1)N1CCN(C(=O)c2cccc(OCc3ccccc3)c2)CC1. The molecule has 2 amide bonds. The first-order valence-corrected chi connectivity index (χ1v) is 11.6. The van der Waals surface area contributed by atoms with Crippen molar-refractivity contribution in [2.45, 2.75) is 25.9 Å². The fraction of sp³-hybridized carbons (Fsp3) is 0.286. The topological polar surface area (TPSA) is 49.9 Å². The van der Waals surface area contributed by atoms with E-state index in [-0.39, 0.29) is 11.8 Å². The molecule has 1 heterocycles. The van der Waals surface area contributed by atoms with Crippen LogP contribution in [0.15, 0.2) is 84.9 Å². The Morgan fingerprint density at radius 3 is 2.06 bits per heavy atom. The van der Waals surface area contributed by atoms with Crippen molar-refractivity contribution in [2.75, 3.05) is 26.2 Å². The molecule has 1 aliphatic heterocycles. The van der Waals surface area contributed by atoms with Crippen molar-refractivity contribution in [1.29, 1.82) is 0 Å². The highest BCUT2D eigenvalue weighted by atomic mass is 16.5. The summed E-state index contributed by atoms with van der Waals surface area (Å²) in [6.07, 6.45) is 2.30. The summed E-state index contributed by atoms with van der Waals surface area (Å²) < 4.78 is 5.86. The molecule has 0 radical (unpaired) electrons. The summed E-state index contributed by atoms with van der Waals surface area (Å²) in [4.78, 5) is 29.3. The molecule has 0 atom stereocenters. The summed E-state index contributed by atoms with van der Waals surface area (Å²) in [5, 5.41) is 0. The first-order chi connectivity index (χ1) is 16.2. The smallest absolute Gasteiger partial charge is 0.254 e. The van der Waals surface area contributed by atoms with Gasteiger partial charge in [0.2, 0.25) is 5.91 Å². The average molecular weight is 443 g/mol. The Balaban J connectivity index is 1.23. The van der Waals surface area contributed by atoms with Gasteiger partial charge in [-0.1, -0.05) is 66.7 Å². The quantitative estimate of drug-likeness (QED) is 0.513. The molecule has 4 rings (SSSR count). The average Bonchev–Trinajstić information content (AvgIpc) is 2.88. The molecule has 1 saturated heterocycles. The number of carbonyl (C=O) groups is 2. The molecule has 0 aliphatic carbocycles. The second kappa shape index (κ2) is 11.3. The molecule has 0 unspecified atom stereocenters. The Bertz CT molecular complexity index is 1050. The molecule has 3 aromatic rings. The van der Waals surface area contributed by atoms with E-state index in [4.69, 9.17) is 4.74 Å². The van der Waals surface area contributed by atoms with E-state index in [2.05, 4.69) is 12.1 Å². The van der Waals surface area contributed by atoms with Gasteiger partial charge >= 0.3 is 0 Å². The van der Waals surface area contributed by atoms with Gasteiger partial charge in [-0.15, -0.1) is 0 Å². The van der Waals surface area contributed by atoms with E-state index < -0.39 is 0 Å². The predicted molar refractivity (Wildman–Crippen MR) is 129 cm³/mol. The third kappa shape index (κ3) is 6.45. The summed E-state index contributed by atoms with van der Waals surface area (Å²) in [5.74, 6) is 0.836. The van der Waals surface area contributed by atoms with Crippen molar-refractivity contribution in [3.63, 3.8) is 0 Å². The highest BCUT2D eigenvalue weighted by Gasteiger charge is 2.24. The Morgan fingerprint density at radius 1 is 0.727 bits per heavy atom. The van der Waals surface area contributed by atoms with Crippen molar-refractivity contribution in [3.05, 3.63) is 102 Å². The van der Waals surface area contributed by atoms with Gasteiger partial charge in [0, 0.05) is 38.2 Å². The first kappa shape index (κ1) is 22.6. The standard InChI is InChI=1S/C28H30N2O3/c31-27(16-7-13-23-9-3-1-4-10-23)29-17-19-30(20-18-29)28(32)25-14-8-15-26(21-25)33-22-24-11-5-2-6-12-24/h1-6,8-12,14-15,21H,7,13,16-20,22H2. The number of nitrogens with zero attached hydrogens (tertiary/aromatic N) is 2. The minimum Gasteiger partial charge on any atom is -0.489 e. The first-order valence-electron chi connectivity index (χ1n) is 11.6. The molecule has 170 valence electrons. The van der Waals surface area contributed by atoms with Crippen LogP contribution in [0.3, 0.4) is 0 Å². The Kier molecular flexibility index (Phi) is 7.75. The maximum absolute atomic E-state index is 13.0. The van der Waals surface area contributed by atoms with E-state index in [1.165, 1.54) is 5.56 Å². The van der Waals surface area contributed by atoms with Crippen LogP contribution in [-0.4, -0.2) is 47.8 Å².